The molecule has 0 saturated heterocycles. The number of allylic oxidation sites excluding steroid dienone is 2. The van der Waals surface area contributed by atoms with E-state index in [1.54, 1.807) is 34.6 Å². The molecule has 2 N–H and O–H groups in total. The number of hydrogen-bond acceptors (Lipinski definition) is 8. The van der Waals surface area contributed by atoms with Crippen molar-refractivity contribution in [2.45, 2.75) is 105 Å². The van der Waals surface area contributed by atoms with E-state index in [4.69, 9.17) is 0 Å². The first-order valence-electron chi connectivity index (χ1n) is 13.5. The average Bonchev–Trinajstić information content (AvgIpc) is 2.91. The second kappa shape index (κ2) is 12.8. The summed E-state index contributed by atoms with van der Waals surface area (Å²) in [6, 6.07) is 0. The molecular weight excluding hydrogens is 536 g/mol. The maximum atomic E-state index is 13.3. The van der Waals surface area contributed by atoms with Crippen LogP contribution in [0.5, 0.6) is 0 Å². The first kappa shape index (κ1) is 33.4. The highest BCUT2D eigenvalue weighted by Gasteiger charge is 2.30. The molecule has 0 spiro atoms. The van der Waals surface area contributed by atoms with Gasteiger partial charge in [0.25, 0.3) is 0 Å². The zero-order chi connectivity index (χ0) is 31.4. The smallest absolute Gasteiger partial charge is 0.337 e. The van der Waals surface area contributed by atoms with Crippen molar-refractivity contribution in [3.63, 3.8) is 0 Å². The van der Waals surface area contributed by atoms with Gasteiger partial charge in [0.1, 0.15) is 0 Å². The predicted octanol–water partition coefficient (Wildman–Crippen LogP) is -0.968. The number of aromatic nitrogens is 6. The molecule has 0 aliphatic carbocycles. The van der Waals surface area contributed by atoms with Crippen LogP contribution < -0.4 is 34.1 Å². The molecule has 2 aromatic heterocycles. The lowest BCUT2D eigenvalue weighted by Gasteiger charge is -2.29. The van der Waals surface area contributed by atoms with Crippen molar-refractivity contribution in [2.75, 3.05) is 0 Å². The largest absolute Gasteiger partial charge is 0.391 e. The molecule has 0 aromatic carbocycles. The molecule has 0 bridgehead atoms. The Labute approximate surface area is 236 Å². The van der Waals surface area contributed by atoms with Crippen LogP contribution in [-0.4, -0.2) is 49.8 Å². The highest BCUT2D eigenvalue weighted by molar-refractivity contribution is 4.90. The monoisotopic (exact) mass is 578 g/mol. The van der Waals surface area contributed by atoms with Crippen molar-refractivity contribution < 1.29 is 10.2 Å². The summed E-state index contributed by atoms with van der Waals surface area (Å²) >= 11 is 0. The van der Waals surface area contributed by atoms with Crippen LogP contribution in [-0.2, 0) is 38.3 Å². The Balaban J connectivity index is 2.70. The molecule has 2 aromatic rings. The van der Waals surface area contributed by atoms with E-state index in [9.17, 15) is 39.0 Å². The van der Waals surface area contributed by atoms with Crippen molar-refractivity contribution in [3.05, 3.63) is 88.2 Å². The Morgan fingerprint density at radius 2 is 1.00 bits per heavy atom. The Kier molecular flexibility index (Phi) is 10.4. The van der Waals surface area contributed by atoms with Crippen LogP contribution in [0.3, 0.4) is 0 Å². The fourth-order valence-corrected chi connectivity index (χ4v) is 4.17. The minimum atomic E-state index is -1.64. The third-order valence-electron chi connectivity index (χ3n) is 7.74. The van der Waals surface area contributed by atoms with E-state index in [-0.39, 0.29) is 13.1 Å². The predicted molar refractivity (Wildman–Crippen MR) is 155 cm³/mol. The Bertz CT molecular complexity index is 1650. The second-order valence-electron chi connectivity index (χ2n) is 11.3. The molecular formula is C27H42N6O8. The molecule has 2 unspecified atom stereocenters. The minimum Gasteiger partial charge on any atom is -0.391 e. The molecule has 2 heterocycles. The molecule has 14 heteroatoms. The van der Waals surface area contributed by atoms with Gasteiger partial charge in [0.15, 0.2) is 0 Å². The molecule has 0 radical (unpaired) electrons. The van der Waals surface area contributed by atoms with Crippen molar-refractivity contribution in [2.24, 2.45) is 5.41 Å². The molecule has 14 nitrogen and oxygen atoms in total. The van der Waals surface area contributed by atoms with Gasteiger partial charge in [-0.2, -0.15) is 0 Å². The van der Waals surface area contributed by atoms with Gasteiger partial charge in [0, 0.05) is 5.54 Å². The Morgan fingerprint density at radius 1 is 0.634 bits per heavy atom. The molecule has 2 rings (SSSR count). The zero-order valence-electron chi connectivity index (χ0n) is 24.7. The van der Waals surface area contributed by atoms with Gasteiger partial charge in [-0.05, 0) is 32.1 Å². The summed E-state index contributed by atoms with van der Waals surface area (Å²) in [7, 11) is 0. The molecule has 0 fully saturated rings. The Hall–Kier alpha value is -3.78. The number of rotatable bonds is 14. The van der Waals surface area contributed by atoms with Gasteiger partial charge < -0.3 is 10.2 Å². The SMILES string of the molecule is C=CCn1c(=O)n(CC(O)Cn2c(=O)n(CC=C)c(=O)n(C(C)(C)CC)c2=O)c(=O)n(CC(O)C(C)(C)CC)c1=O. The van der Waals surface area contributed by atoms with Gasteiger partial charge in [-0.15, -0.1) is 13.2 Å². The summed E-state index contributed by atoms with van der Waals surface area (Å²) in [6.07, 6.45) is 0.755. The van der Waals surface area contributed by atoms with Gasteiger partial charge in [0.2, 0.25) is 0 Å². The maximum Gasteiger partial charge on any atom is 0.337 e. The van der Waals surface area contributed by atoms with E-state index in [0.717, 1.165) is 13.7 Å². The lowest BCUT2D eigenvalue weighted by atomic mass is 9.84. The second-order valence-corrected chi connectivity index (χ2v) is 11.3. The minimum absolute atomic E-state index is 0.193. The van der Waals surface area contributed by atoms with Gasteiger partial charge in [-0.3, -0.25) is 0 Å². The molecule has 228 valence electrons. The number of hydrogen-bond donors (Lipinski definition) is 2. The van der Waals surface area contributed by atoms with Crippen molar-refractivity contribution in [1.82, 2.24) is 27.4 Å². The van der Waals surface area contributed by atoms with Crippen molar-refractivity contribution in [1.29, 1.82) is 0 Å². The molecule has 0 aliphatic rings. The van der Waals surface area contributed by atoms with Crippen molar-refractivity contribution >= 4 is 0 Å². The summed E-state index contributed by atoms with van der Waals surface area (Å²) in [5.74, 6) is 0. The van der Waals surface area contributed by atoms with Crippen molar-refractivity contribution in [3.8, 4) is 0 Å². The van der Waals surface area contributed by atoms with E-state index in [0.29, 0.717) is 26.5 Å². The zero-order valence-corrected chi connectivity index (χ0v) is 24.7. The van der Waals surface area contributed by atoms with Gasteiger partial charge in [-0.25, -0.2) is 56.2 Å². The number of aliphatic hydroxyl groups is 2. The maximum absolute atomic E-state index is 13.3. The van der Waals surface area contributed by atoms with Gasteiger partial charge >= 0.3 is 34.1 Å². The number of nitrogens with zero attached hydrogens (tertiary/aromatic N) is 6. The van der Waals surface area contributed by atoms with E-state index >= 15 is 0 Å². The van der Waals surface area contributed by atoms with Crippen LogP contribution in [0.25, 0.3) is 0 Å². The standard InChI is InChI=1S/C27H42N6O8/c1-9-13-28-20(36)30(23(39)32(21(28)37)17-19(35)26(5,6)11-3)15-18(34)16-31-22(38)29(14-10-2)24(40)33(25(31)41)27(7,8)12-4/h9-10,18-19,34-35H,1-2,11-17H2,3-8H3. The van der Waals surface area contributed by atoms with Crippen LogP contribution in [0.2, 0.25) is 0 Å². The topological polar surface area (TPSA) is 172 Å². The molecule has 0 saturated carbocycles. The third-order valence-corrected chi connectivity index (χ3v) is 7.74. The summed E-state index contributed by atoms with van der Waals surface area (Å²) in [5.41, 5.74) is -7.47. The number of aliphatic hydroxyl groups excluding tert-OH is 2. The summed E-state index contributed by atoms with van der Waals surface area (Å²) in [4.78, 5) is 78.9. The molecule has 41 heavy (non-hydrogen) atoms. The molecule has 0 aliphatic heterocycles. The summed E-state index contributed by atoms with van der Waals surface area (Å²) in [5, 5.41) is 21.7. The highest BCUT2D eigenvalue weighted by atomic mass is 16.3. The van der Waals surface area contributed by atoms with Crippen LogP contribution >= 0.6 is 0 Å². The van der Waals surface area contributed by atoms with Crippen LogP contribution in [0.1, 0.15) is 54.4 Å². The lowest BCUT2D eigenvalue weighted by molar-refractivity contribution is 0.0300. The third kappa shape index (κ3) is 6.59. The fourth-order valence-electron chi connectivity index (χ4n) is 4.17. The van der Waals surface area contributed by atoms with Gasteiger partial charge in [0.05, 0.1) is 44.9 Å². The van der Waals surface area contributed by atoms with Gasteiger partial charge in [-0.1, -0.05) is 39.8 Å². The van der Waals surface area contributed by atoms with Crippen LogP contribution in [0, 0.1) is 5.41 Å². The first-order valence-corrected chi connectivity index (χ1v) is 13.5. The summed E-state index contributed by atoms with van der Waals surface area (Å²) in [6.45, 7) is 15.3. The van der Waals surface area contributed by atoms with Crippen LogP contribution in [0.4, 0.5) is 0 Å². The van der Waals surface area contributed by atoms with E-state index in [1.807, 2.05) is 6.92 Å². The van der Waals surface area contributed by atoms with E-state index < -0.39 is 76.9 Å². The van der Waals surface area contributed by atoms with E-state index in [2.05, 4.69) is 13.2 Å². The highest BCUT2D eigenvalue weighted by Crippen LogP contribution is 2.25. The normalized spacial score (nSPS) is 13.7. The lowest BCUT2D eigenvalue weighted by Crippen LogP contribution is -2.60. The van der Waals surface area contributed by atoms with Crippen LogP contribution in [0.15, 0.2) is 54.1 Å². The Morgan fingerprint density at radius 3 is 1.41 bits per heavy atom. The fraction of sp³-hybridized carbons (Fsp3) is 0.630. The molecule has 0 amide bonds. The first-order chi connectivity index (χ1) is 19.0. The summed E-state index contributed by atoms with van der Waals surface area (Å²) < 4.78 is 4.46. The average molecular weight is 579 g/mol. The molecule has 2 atom stereocenters. The quantitative estimate of drug-likeness (QED) is 0.270. The van der Waals surface area contributed by atoms with E-state index in [1.165, 1.54) is 12.2 Å².